The van der Waals surface area contributed by atoms with Crippen LogP contribution in [0.4, 0.5) is 10.1 Å². The summed E-state index contributed by atoms with van der Waals surface area (Å²) in [6.45, 7) is 2.49. The molecule has 92 valence electrons. The number of hydrogen-bond donors (Lipinski definition) is 2. The van der Waals surface area contributed by atoms with Crippen molar-refractivity contribution < 1.29 is 9.18 Å². The molecule has 1 aliphatic rings. The zero-order valence-corrected chi connectivity index (χ0v) is 9.58. The SMILES string of the molecule is Nc1cccc(CN2CCNC(=O)CC2)c1F. The number of nitrogens with zero attached hydrogens (tertiary/aromatic N) is 1. The minimum absolute atomic E-state index is 0.0561. The summed E-state index contributed by atoms with van der Waals surface area (Å²) in [5.74, 6) is -0.295. The third-order valence-electron chi connectivity index (χ3n) is 2.91. The summed E-state index contributed by atoms with van der Waals surface area (Å²) in [6, 6.07) is 5.02. The van der Waals surface area contributed by atoms with Gasteiger partial charge in [0.05, 0.1) is 5.69 Å². The molecule has 0 bridgehead atoms. The molecule has 1 saturated heterocycles. The highest BCUT2D eigenvalue weighted by molar-refractivity contribution is 5.76. The summed E-state index contributed by atoms with van der Waals surface area (Å²) in [5, 5.41) is 2.79. The van der Waals surface area contributed by atoms with E-state index < -0.39 is 0 Å². The molecule has 0 unspecified atom stereocenters. The molecule has 5 heteroatoms. The van der Waals surface area contributed by atoms with Crippen LogP contribution in [0.25, 0.3) is 0 Å². The summed E-state index contributed by atoms with van der Waals surface area (Å²) in [5.41, 5.74) is 6.27. The van der Waals surface area contributed by atoms with Crippen molar-refractivity contribution in [3.05, 3.63) is 29.6 Å². The maximum Gasteiger partial charge on any atom is 0.221 e. The molecule has 17 heavy (non-hydrogen) atoms. The Morgan fingerprint density at radius 1 is 1.41 bits per heavy atom. The Hall–Kier alpha value is -1.62. The number of anilines is 1. The van der Waals surface area contributed by atoms with Crippen molar-refractivity contribution in [2.45, 2.75) is 13.0 Å². The first-order chi connectivity index (χ1) is 8.16. The van der Waals surface area contributed by atoms with E-state index >= 15 is 0 Å². The molecule has 1 amide bonds. The average molecular weight is 237 g/mol. The monoisotopic (exact) mass is 237 g/mol. The Labute approximate surface area is 99.6 Å². The Morgan fingerprint density at radius 2 is 2.24 bits per heavy atom. The molecule has 1 aromatic carbocycles. The van der Waals surface area contributed by atoms with Crippen molar-refractivity contribution in [1.29, 1.82) is 0 Å². The van der Waals surface area contributed by atoms with Crippen LogP contribution < -0.4 is 11.1 Å². The number of carbonyl (C=O) groups is 1. The van der Waals surface area contributed by atoms with Gasteiger partial charge in [-0.1, -0.05) is 12.1 Å². The van der Waals surface area contributed by atoms with Crippen LogP contribution in [0.3, 0.4) is 0 Å². The summed E-state index contributed by atoms with van der Waals surface area (Å²) in [6.07, 6.45) is 0.462. The Kier molecular flexibility index (Phi) is 3.58. The van der Waals surface area contributed by atoms with Crippen molar-refractivity contribution in [3.8, 4) is 0 Å². The van der Waals surface area contributed by atoms with Gasteiger partial charge in [-0.2, -0.15) is 0 Å². The molecule has 0 spiro atoms. The number of benzene rings is 1. The molecule has 0 aromatic heterocycles. The van der Waals surface area contributed by atoms with Crippen molar-refractivity contribution in [1.82, 2.24) is 10.2 Å². The van der Waals surface area contributed by atoms with E-state index in [4.69, 9.17) is 5.73 Å². The lowest BCUT2D eigenvalue weighted by Gasteiger charge is -2.19. The van der Waals surface area contributed by atoms with Gasteiger partial charge in [-0.05, 0) is 6.07 Å². The Balaban J connectivity index is 2.05. The lowest BCUT2D eigenvalue weighted by atomic mass is 10.1. The fraction of sp³-hybridized carbons (Fsp3) is 0.417. The number of carbonyl (C=O) groups excluding carboxylic acids is 1. The van der Waals surface area contributed by atoms with Crippen molar-refractivity contribution in [2.75, 3.05) is 25.4 Å². The lowest BCUT2D eigenvalue weighted by Crippen LogP contribution is -2.28. The lowest BCUT2D eigenvalue weighted by molar-refractivity contribution is -0.120. The van der Waals surface area contributed by atoms with E-state index in [1.54, 1.807) is 18.2 Å². The molecule has 1 aromatic rings. The van der Waals surface area contributed by atoms with Gasteiger partial charge in [-0.15, -0.1) is 0 Å². The minimum Gasteiger partial charge on any atom is -0.396 e. The largest absolute Gasteiger partial charge is 0.396 e. The Bertz CT molecular complexity index is 422. The molecule has 3 N–H and O–H groups in total. The number of nitrogens with one attached hydrogen (secondary N) is 1. The van der Waals surface area contributed by atoms with Gasteiger partial charge in [-0.3, -0.25) is 9.69 Å². The van der Waals surface area contributed by atoms with Crippen molar-refractivity contribution in [3.63, 3.8) is 0 Å². The number of halogens is 1. The highest BCUT2D eigenvalue weighted by Crippen LogP contribution is 2.16. The second-order valence-electron chi connectivity index (χ2n) is 4.20. The Morgan fingerprint density at radius 3 is 3.06 bits per heavy atom. The molecule has 0 atom stereocenters. The number of hydrogen-bond acceptors (Lipinski definition) is 3. The van der Waals surface area contributed by atoms with Gasteiger partial charge in [0.15, 0.2) is 5.82 Å². The maximum atomic E-state index is 13.7. The number of amides is 1. The van der Waals surface area contributed by atoms with Gasteiger partial charge in [0.25, 0.3) is 0 Å². The number of nitrogens with two attached hydrogens (primary N) is 1. The molecule has 1 heterocycles. The van der Waals surface area contributed by atoms with E-state index in [0.29, 0.717) is 31.6 Å². The molecular formula is C12H16FN3O. The highest BCUT2D eigenvalue weighted by Gasteiger charge is 2.15. The van der Waals surface area contributed by atoms with Crippen LogP contribution in [0.5, 0.6) is 0 Å². The maximum absolute atomic E-state index is 13.7. The van der Waals surface area contributed by atoms with Gasteiger partial charge in [0.2, 0.25) is 5.91 Å². The summed E-state index contributed by atoms with van der Waals surface area (Å²) in [7, 11) is 0. The molecule has 4 nitrogen and oxygen atoms in total. The van der Waals surface area contributed by atoms with E-state index in [1.807, 2.05) is 0 Å². The first-order valence-corrected chi connectivity index (χ1v) is 5.69. The van der Waals surface area contributed by atoms with E-state index in [-0.39, 0.29) is 17.4 Å². The summed E-state index contributed by atoms with van der Waals surface area (Å²) >= 11 is 0. The smallest absolute Gasteiger partial charge is 0.221 e. The molecule has 0 radical (unpaired) electrons. The van der Waals surface area contributed by atoms with Crippen LogP contribution in [-0.4, -0.2) is 30.4 Å². The predicted octanol–water partition coefficient (Wildman–Crippen LogP) is 0.730. The predicted molar refractivity (Wildman–Crippen MR) is 63.7 cm³/mol. The van der Waals surface area contributed by atoms with E-state index in [0.717, 1.165) is 6.54 Å². The third-order valence-corrected chi connectivity index (χ3v) is 2.91. The zero-order valence-electron chi connectivity index (χ0n) is 9.58. The molecular weight excluding hydrogens is 221 g/mol. The third kappa shape index (κ3) is 2.94. The van der Waals surface area contributed by atoms with Gasteiger partial charge in [0, 0.05) is 38.2 Å². The number of rotatable bonds is 2. The van der Waals surface area contributed by atoms with Gasteiger partial charge < -0.3 is 11.1 Å². The van der Waals surface area contributed by atoms with E-state index in [2.05, 4.69) is 10.2 Å². The first kappa shape index (κ1) is 11.9. The topological polar surface area (TPSA) is 58.4 Å². The van der Waals surface area contributed by atoms with Crippen LogP contribution in [0, 0.1) is 5.82 Å². The van der Waals surface area contributed by atoms with Crippen molar-refractivity contribution in [2.24, 2.45) is 0 Å². The number of nitrogen functional groups attached to an aromatic ring is 1. The van der Waals surface area contributed by atoms with Crippen LogP contribution >= 0.6 is 0 Å². The van der Waals surface area contributed by atoms with E-state index in [9.17, 15) is 9.18 Å². The first-order valence-electron chi connectivity index (χ1n) is 5.69. The van der Waals surface area contributed by atoms with Crippen molar-refractivity contribution >= 4 is 11.6 Å². The molecule has 0 saturated carbocycles. The van der Waals surface area contributed by atoms with Gasteiger partial charge in [-0.25, -0.2) is 4.39 Å². The average Bonchev–Trinajstić information content (AvgIpc) is 2.50. The van der Waals surface area contributed by atoms with Gasteiger partial charge in [0.1, 0.15) is 0 Å². The highest BCUT2D eigenvalue weighted by atomic mass is 19.1. The minimum atomic E-state index is -0.351. The zero-order chi connectivity index (χ0) is 12.3. The molecule has 1 fully saturated rings. The standard InChI is InChI=1S/C12H16FN3O/c13-12-9(2-1-3-10(12)14)8-16-6-4-11(17)15-5-7-16/h1-3H,4-8,14H2,(H,15,17). The summed E-state index contributed by atoms with van der Waals surface area (Å²) < 4.78 is 13.7. The second-order valence-corrected chi connectivity index (χ2v) is 4.20. The molecule has 0 aliphatic carbocycles. The van der Waals surface area contributed by atoms with Crippen LogP contribution in [0.2, 0.25) is 0 Å². The van der Waals surface area contributed by atoms with Gasteiger partial charge >= 0.3 is 0 Å². The van der Waals surface area contributed by atoms with Crippen LogP contribution in [0.15, 0.2) is 18.2 Å². The van der Waals surface area contributed by atoms with Crippen LogP contribution in [-0.2, 0) is 11.3 Å². The fourth-order valence-electron chi connectivity index (χ4n) is 1.93. The summed E-state index contributed by atoms with van der Waals surface area (Å²) in [4.78, 5) is 13.2. The fourth-order valence-corrected chi connectivity index (χ4v) is 1.93. The van der Waals surface area contributed by atoms with E-state index in [1.165, 1.54) is 0 Å². The molecule has 2 rings (SSSR count). The molecule has 1 aliphatic heterocycles. The second kappa shape index (κ2) is 5.14. The quantitative estimate of drug-likeness (QED) is 0.745. The normalized spacial score (nSPS) is 17.6. The van der Waals surface area contributed by atoms with Crippen LogP contribution in [0.1, 0.15) is 12.0 Å².